The Morgan fingerprint density at radius 3 is 2.50 bits per heavy atom. The number of carbonyl (C=O) groups is 1. The highest BCUT2D eigenvalue weighted by molar-refractivity contribution is 6.05. The predicted molar refractivity (Wildman–Crippen MR) is 106 cm³/mol. The Morgan fingerprint density at radius 1 is 1.08 bits per heavy atom. The van der Waals surface area contributed by atoms with Gasteiger partial charge in [-0.1, -0.05) is 55.5 Å². The molecule has 26 heavy (non-hydrogen) atoms. The second kappa shape index (κ2) is 8.11. The van der Waals surface area contributed by atoms with E-state index in [0.29, 0.717) is 12.2 Å². The van der Waals surface area contributed by atoms with Crippen LogP contribution in [0, 0.1) is 0 Å². The summed E-state index contributed by atoms with van der Waals surface area (Å²) in [5.74, 6) is -0.140. The number of nitrogens with zero attached hydrogens (tertiary/aromatic N) is 2. The molecule has 0 saturated heterocycles. The number of amides is 1. The number of hydrogen-bond donors (Lipinski definition) is 1. The molecule has 1 atom stereocenters. The van der Waals surface area contributed by atoms with Crippen LogP contribution in [0.5, 0.6) is 0 Å². The van der Waals surface area contributed by atoms with E-state index in [1.165, 1.54) is 11.1 Å². The first-order valence-electron chi connectivity index (χ1n) is 8.97. The summed E-state index contributed by atoms with van der Waals surface area (Å²) in [4.78, 5) is 19.1. The maximum atomic E-state index is 12.7. The van der Waals surface area contributed by atoms with Crippen LogP contribution < -0.4 is 5.32 Å². The Morgan fingerprint density at radius 2 is 1.81 bits per heavy atom. The summed E-state index contributed by atoms with van der Waals surface area (Å²) in [5, 5.41) is 4.95. The highest BCUT2D eigenvalue weighted by Crippen LogP contribution is 2.20. The molecule has 3 aromatic rings. The largest absolute Gasteiger partial charge is 0.349 e. The molecule has 1 heterocycles. The second-order valence-electron chi connectivity index (χ2n) is 6.67. The van der Waals surface area contributed by atoms with Crippen LogP contribution in [-0.4, -0.2) is 36.4 Å². The Balaban J connectivity index is 1.77. The standard InChI is InChI=1S/C22H25N3O/c1-4-16-9-11-18(12-10-16)20(25(2)3)15-24-22(26)21-19-8-6-5-7-17(19)13-14-23-21/h5-14,20H,4,15H2,1-3H3,(H,24,26). The molecule has 4 heteroatoms. The molecule has 0 radical (unpaired) electrons. The van der Waals surface area contributed by atoms with E-state index >= 15 is 0 Å². The number of benzene rings is 2. The number of rotatable bonds is 6. The molecule has 134 valence electrons. The quantitative estimate of drug-likeness (QED) is 0.737. The first-order valence-corrected chi connectivity index (χ1v) is 8.97. The third-order valence-corrected chi connectivity index (χ3v) is 4.74. The lowest BCUT2D eigenvalue weighted by atomic mass is 10.0. The number of aromatic nitrogens is 1. The third kappa shape index (κ3) is 3.92. The summed E-state index contributed by atoms with van der Waals surface area (Å²) >= 11 is 0. The molecule has 0 bridgehead atoms. The molecule has 0 aliphatic rings. The molecule has 4 nitrogen and oxygen atoms in total. The fourth-order valence-electron chi connectivity index (χ4n) is 3.15. The molecular weight excluding hydrogens is 322 g/mol. The topological polar surface area (TPSA) is 45.2 Å². The van der Waals surface area contributed by atoms with Gasteiger partial charge in [0.1, 0.15) is 5.69 Å². The van der Waals surface area contributed by atoms with Gasteiger partial charge in [-0.15, -0.1) is 0 Å². The summed E-state index contributed by atoms with van der Waals surface area (Å²) in [5.41, 5.74) is 2.98. The fraction of sp³-hybridized carbons (Fsp3) is 0.273. The van der Waals surface area contributed by atoms with E-state index in [0.717, 1.165) is 17.2 Å². The summed E-state index contributed by atoms with van der Waals surface area (Å²) in [7, 11) is 4.06. The highest BCUT2D eigenvalue weighted by atomic mass is 16.1. The molecule has 1 amide bonds. The number of aryl methyl sites for hydroxylation is 1. The van der Waals surface area contributed by atoms with Crippen molar-refractivity contribution in [2.24, 2.45) is 0 Å². The lowest BCUT2D eigenvalue weighted by Crippen LogP contribution is -2.35. The minimum absolute atomic E-state index is 0.111. The Hall–Kier alpha value is -2.72. The van der Waals surface area contributed by atoms with Crippen LogP contribution in [0.3, 0.4) is 0 Å². The number of fused-ring (bicyclic) bond motifs is 1. The van der Waals surface area contributed by atoms with Gasteiger partial charge in [0, 0.05) is 18.1 Å². The van der Waals surface area contributed by atoms with E-state index in [1.54, 1.807) is 6.20 Å². The normalized spacial score (nSPS) is 12.3. The molecule has 1 unspecified atom stereocenters. The van der Waals surface area contributed by atoms with Crippen LogP contribution in [0.2, 0.25) is 0 Å². The highest BCUT2D eigenvalue weighted by Gasteiger charge is 2.17. The lowest BCUT2D eigenvalue weighted by molar-refractivity contribution is 0.0939. The summed E-state index contributed by atoms with van der Waals surface area (Å²) in [6.07, 6.45) is 2.71. The van der Waals surface area contributed by atoms with Crippen molar-refractivity contribution >= 4 is 16.7 Å². The van der Waals surface area contributed by atoms with Crippen LogP contribution in [0.4, 0.5) is 0 Å². The maximum Gasteiger partial charge on any atom is 0.270 e. The molecule has 1 aromatic heterocycles. The van der Waals surface area contributed by atoms with Gasteiger partial charge in [0.2, 0.25) is 0 Å². The van der Waals surface area contributed by atoms with Gasteiger partial charge in [0.15, 0.2) is 0 Å². The predicted octanol–water partition coefficient (Wildman–Crippen LogP) is 3.83. The van der Waals surface area contributed by atoms with E-state index in [1.807, 2.05) is 44.4 Å². The van der Waals surface area contributed by atoms with Gasteiger partial charge in [0.25, 0.3) is 5.91 Å². The monoisotopic (exact) mass is 347 g/mol. The van der Waals surface area contributed by atoms with Crippen LogP contribution >= 0.6 is 0 Å². The average Bonchev–Trinajstić information content (AvgIpc) is 2.67. The summed E-state index contributed by atoms with van der Waals surface area (Å²) in [6, 6.07) is 18.4. The van der Waals surface area contributed by atoms with Gasteiger partial charge in [-0.05, 0) is 43.1 Å². The summed E-state index contributed by atoms with van der Waals surface area (Å²) < 4.78 is 0. The van der Waals surface area contributed by atoms with Crippen LogP contribution in [0.15, 0.2) is 60.8 Å². The Bertz CT molecular complexity index is 882. The number of hydrogen-bond acceptors (Lipinski definition) is 3. The number of carbonyl (C=O) groups excluding carboxylic acids is 1. The molecule has 0 aliphatic carbocycles. The molecule has 1 N–H and O–H groups in total. The SMILES string of the molecule is CCc1ccc(C(CNC(=O)c2nccc3ccccc23)N(C)C)cc1. The smallest absolute Gasteiger partial charge is 0.270 e. The zero-order valence-corrected chi connectivity index (χ0v) is 15.6. The van der Waals surface area contributed by atoms with Crippen molar-refractivity contribution in [3.63, 3.8) is 0 Å². The van der Waals surface area contributed by atoms with Crippen molar-refractivity contribution in [3.8, 4) is 0 Å². The van der Waals surface area contributed by atoms with Crippen molar-refractivity contribution in [2.75, 3.05) is 20.6 Å². The van der Waals surface area contributed by atoms with Crippen LogP contribution in [0.1, 0.15) is 34.6 Å². The van der Waals surface area contributed by atoms with E-state index < -0.39 is 0 Å². The lowest BCUT2D eigenvalue weighted by Gasteiger charge is -2.25. The zero-order chi connectivity index (χ0) is 18.5. The maximum absolute atomic E-state index is 12.7. The molecule has 0 spiro atoms. The van der Waals surface area contributed by atoms with Crippen LogP contribution in [0.25, 0.3) is 10.8 Å². The Labute approximate surface area is 154 Å². The third-order valence-electron chi connectivity index (χ3n) is 4.74. The zero-order valence-electron chi connectivity index (χ0n) is 15.6. The minimum atomic E-state index is -0.140. The van der Waals surface area contributed by atoms with Gasteiger partial charge < -0.3 is 10.2 Å². The van der Waals surface area contributed by atoms with Crippen molar-refractivity contribution < 1.29 is 4.79 Å². The number of nitrogens with one attached hydrogen (secondary N) is 1. The molecule has 2 aromatic carbocycles. The van der Waals surface area contributed by atoms with E-state index in [9.17, 15) is 4.79 Å². The van der Waals surface area contributed by atoms with E-state index in [2.05, 4.69) is 46.4 Å². The minimum Gasteiger partial charge on any atom is -0.349 e. The first kappa shape index (κ1) is 18.1. The van der Waals surface area contributed by atoms with Gasteiger partial charge in [0.05, 0.1) is 6.04 Å². The van der Waals surface area contributed by atoms with E-state index in [-0.39, 0.29) is 11.9 Å². The fourth-order valence-corrected chi connectivity index (χ4v) is 3.15. The molecule has 0 fully saturated rings. The van der Waals surface area contributed by atoms with E-state index in [4.69, 9.17) is 0 Å². The van der Waals surface area contributed by atoms with Gasteiger partial charge in [-0.2, -0.15) is 0 Å². The van der Waals surface area contributed by atoms with Gasteiger partial charge >= 0.3 is 0 Å². The van der Waals surface area contributed by atoms with Crippen molar-refractivity contribution in [2.45, 2.75) is 19.4 Å². The summed E-state index contributed by atoms with van der Waals surface area (Å²) in [6.45, 7) is 2.68. The van der Waals surface area contributed by atoms with Gasteiger partial charge in [-0.3, -0.25) is 9.78 Å². The molecule has 3 rings (SSSR count). The second-order valence-corrected chi connectivity index (χ2v) is 6.67. The first-order chi connectivity index (χ1) is 12.6. The van der Waals surface area contributed by atoms with Crippen molar-refractivity contribution in [3.05, 3.63) is 77.6 Å². The Kier molecular flexibility index (Phi) is 5.64. The molecular formula is C22H25N3O. The number of pyridine rings is 1. The van der Waals surface area contributed by atoms with Crippen molar-refractivity contribution in [1.29, 1.82) is 0 Å². The van der Waals surface area contributed by atoms with Gasteiger partial charge in [-0.25, -0.2) is 0 Å². The molecule has 0 aliphatic heterocycles. The van der Waals surface area contributed by atoms with Crippen molar-refractivity contribution in [1.82, 2.24) is 15.2 Å². The van der Waals surface area contributed by atoms with Crippen LogP contribution in [-0.2, 0) is 6.42 Å². The number of likely N-dealkylation sites (N-methyl/N-ethyl adjacent to an activating group) is 1. The molecule has 0 saturated carbocycles. The average molecular weight is 347 g/mol.